The molecule has 3 nitrogen and oxygen atoms in total. The van der Waals surface area contributed by atoms with Crippen molar-refractivity contribution in [2.75, 3.05) is 5.32 Å². The van der Waals surface area contributed by atoms with E-state index in [0.29, 0.717) is 5.82 Å². The van der Waals surface area contributed by atoms with Crippen LogP contribution < -0.4 is 10.6 Å². The molecule has 0 amide bonds. The number of anilines is 1. The number of nitrogens with zero attached hydrogens (tertiary/aromatic N) is 1. The predicted octanol–water partition coefficient (Wildman–Crippen LogP) is 2.10. The highest BCUT2D eigenvalue weighted by Crippen LogP contribution is 2.05. The van der Waals surface area contributed by atoms with Gasteiger partial charge in [-0.3, -0.25) is 0 Å². The standard InChI is InChI=1S/C10H14FN3/c1-3-9(12-4-2)14-10-6-5-8(11)7-13-10/h4-7,9,12H,2-3H2,1H3,(H,13,14)/t9-/m0/s1. The first-order chi connectivity index (χ1) is 6.76. The van der Waals surface area contributed by atoms with E-state index in [1.165, 1.54) is 12.3 Å². The van der Waals surface area contributed by atoms with Gasteiger partial charge in [0.15, 0.2) is 0 Å². The molecule has 0 aromatic carbocycles. The molecule has 0 saturated carbocycles. The van der Waals surface area contributed by atoms with Crippen LogP contribution in [0.4, 0.5) is 10.2 Å². The molecular formula is C10H14FN3. The third-order valence-electron chi connectivity index (χ3n) is 1.78. The minimum atomic E-state index is -0.333. The minimum Gasteiger partial charge on any atom is -0.372 e. The molecule has 1 atom stereocenters. The summed E-state index contributed by atoms with van der Waals surface area (Å²) >= 11 is 0. The molecule has 0 radical (unpaired) electrons. The van der Waals surface area contributed by atoms with E-state index in [-0.39, 0.29) is 12.0 Å². The van der Waals surface area contributed by atoms with Gasteiger partial charge in [0.05, 0.1) is 12.4 Å². The maximum atomic E-state index is 12.5. The van der Waals surface area contributed by atoms with Gasteiger partial charge in [-0.1, -0.05) is 13.5 Å². The summed E-state index contributed by atoms with van der Waals surface area (Å²) in [4.78, 5) is 3.89. The van der Waals surface area contributed by atoms with Gasteiger partial charge >= 0.3 is 0 Å². The zero-order valence-electron chi connectivity index (χ0n) is 8.13. The second-order valence-corrected chi connectivity index (χ2v) is 2.84. The fraction of sp³-hybridized carbons (Fsp3) is 0.300. The Hall–Kier alpha value is -1.58. The van der Waals surface area contributed by atoms with Crippen LogP contribution in [-0.4, -0.2) is 11.1 Å². The van der Waals surface area contributed by atoms with Gasteiger partial charge in [0.1, 0.15) is 11.6 Å². The summed E-state index contributed by atoms with van der Waals surface area (Å²) in [5.74, 6) is 0.313. The Morgan fingerprint density at radius 3 is 2.93 bits per heavy atom. The Balaban J connectivity index is 2.57. The molecule has 1 heterocycles. The number of nitrogens with one attached hydrogen (secondary N) is 2. The van der Waals surface area contributed by atoms with Gasteiger partial charge in [-0.25, -0.2) is 9.37 Å². The first-order valence-corrected chi connectivity index (χ1v) is 4.51. The van der Waals surface area contributed by atoms with E-state index in [1.54, 1.807) is 12.3 Å². The van der Waals surface area contributed by atoms with Crippen LogP contribution in [0.3, 0.4) is 0 Å². The molecule has 4 heteroatoms. The first-order valence-electron chi connectivity index (χ1n) is 4.51. The lowest BCUT2D eigenvalue weighted by molar-refractivity contribution is 0.615. The van der Waals surface area contributed by atoms with Gasteiger partial charge in [0.25, 0.3) is 0 Å². The lowest BCUT2D eigenvalue weighted by Gasteiger charge is -2.17. The number of halogens is 1. The van der Waals surface area contributed by atoms with Gasteiger partial charge in [-0.05, 0) is 24.8 Å². The van der Waals surface area contributed by atoms with Crippen molar-refractivity contribution in [2.45, 2.75) is 19.5 Å². The van der Waals surface area contributed by atoms with E-state index in [1.807, 2.05) is 6.92 Å². The molecule has 0 spiro atoms. The summed E-state index contributed by atoms with van der Waals surface area (Å²) in [6.45, 7) is 5.60. The van der Waals surface area contributed by atoms with Gasteiger partial charge in [-0.2, -0.15) is 0 Å². The molecule has 1 rings (SSSR count). The molecule has 0 aliphatic rings. The summed E-state index contributed by atoms with van der Waals surface area (Å²) < 4.78 is 12.5. The Labute approximate surface area is 83.1 Å². The van der Waals surface area contributed by atoms with E-state index in [0.717, 1.165) is 6.42 Å². The number of hydrogen-bond donors (Lipinski definition) is 2. The number of aromatic nitrogens is 1. The normalized spacial score (nSPS) is 11.9. The van der Waals surface area contributed by atoms with Crippen molar-refractivity contribution in [3.8, 4) is 0 Å². The highest BCUT2D eigenvalue weighted by Gasteiger charge is 2.02. The molecule has 0 bridgehead atoms. The van der Waals surface area contributed by atoms with Gasteiger partial charge in [0.2, 0.25) is 0 Å². The van der Waals surface area contributed by atoms with Crippen molar-refractivity contribution in [3.63, 3.8) is 0 Å². The number of hydrogen-bond acceptors (Lipinski definition) is 3. The monoisotopic (exact) mass is 195 g/mol. The summed E-state index contributed by atoms with van der Waals surface area (Å²) in [5.41, 5.74) is 0. The van der Waals surface area contributed by atoms with Gasteiger partial charge < -0.3 is 10.6 Å². The third-order valence-corrected chi connectivity index (χ3v) is 1.78. The van der Waals surface area contributed by atoms with Crippen molar-refractivity contribution < 1.29 is 4.39 Å². The fourth-order valence-corrected chi connectivity index (χ4v) is 1.04. The topological polar surface area (TPSA) is 37.0 Å². The van der Waals surface area contributed by atoms with Crippen molar-refractivity contribution in [1.82, 2.24) is 10.3 Å². The zero-order chi connectivity index (χ0) is 10.4. The Morgan fingerprint density at radius 1 is 1.64 bits per heavy atom. The van der Waals surface area contributed by atoms with Crippen molar-refractivity contribution in [3.05, 3.63) is 36.9 Å². The summed E-state index contributed by atoms with van der Waals surface area (Å²) in [6, 6.07) is 2.97. The average molecular weight is 195 g/mol. The van der Waals surface area contributed by atoms with Crippen molar-refractivity contribution in [2.24, 2.45) is 0 Å². The van der Waals surface area contributed by atoms with E-state index < -0.39 is 0 Å². The predicted molar refractivity (Wildman–Crippen MR) is 55.2 cm³/mol. The van der Waals surface area contributed by atoms with Crippen LogP contribution in [0.25, 0.3) is 0 Å². The SMILES string of the molecule is C=CN[C@H](CC)Nc1ccc(F)cn1. The van der Waals surface area contributed by atoms with Crippen LogP contribution in [0, 0.1) is 5.82 Å². The quantitative estimate of drug-likeness (QED) is 0.706. The molecule has 0 fully saturated rings. The maximum Gasteiger partial charge on any atom is 0.141 e. The van der Waals surface area contributed by atoms with Gasteiger partial charge in [0, 0.05) is 0 Å². The van der Waals surface area contributed by atoms with Crippen LogP contribution in [0.15, 0.2) is 31.1 Å². The third kappa shape index (κ3) is 3.05. The fourth-order valence-electron chi connectivity index (χ4n) is 1.04. The van der Waals surface area contributed by atoms with Crippen LogP contribution in [-0.2, 0) is 0 Å². The van der Waals surface area contributed by atoms with Crippen LogP contribution in [0.1, 0.15) is 13.3 Å². The smallest absolute Gasteiger partial charge is 0.141 e. The van der Waals surface area contributed by atoms with E-state index in [2.05, 4.69) is 22.2 Å². The molecular weight excluding hydrogens is 181 g/mol. The Kier molecular flexibility index (Phi) is 3.91. The molecule has 0 saturated heterocycles. The second-order valence-electron chi connectivity index (χ2n) is 2.84. The first kappa shape index (κ1) is 10.5. The van der Waals surface area contributed by atoms with E-state index in [9.17, 15) is 4.39 Å². The molecule has 1 aromatic heterocycles. The molecule has 2 N–H and O–H groups in total. The summed E-state index contributed by atoms with van der Waals surface area (Å²) in [5, 5.41) is 6.11. The minimum absolute atomic E-state index is 0.0745. The summed E-state index contributed by atoms with van der Waals surface area (Å²) in [6.07, 6.45) is 3.75. The molecule has 0 unspecified atom stereocenters. The molecule has 0 aliphatic carbocycles. The average Bonchev–Trinajstić information content (AvgIpc) is 2.20. The number of pyridine rings is 1. The lowest BCUT2D eigenvalue weighted by atomic mass is 10.3. The van der Waals surface area contributed by atoms with Crippen LogP contribution in [0.5, 0.6) is 0 Å². The molecule has 1 aromatic rings. The number of rotatable bonds is 5. The Bertz CT molecular complexity index is 284. The second kappa shape index (κ2) is 5.21. The Morgan fingerprint density at radius 2 is 2.43 bits per heavy atom. The largest absolute Gasteiger partial charge is 0.372 e. The highest BCUT2D eigenvalue weighted by molar-refractivity contribution is 5.34. The maximum absolute atomic E-state index is 12.5. The molecule has 0 aliphatic heterocycles. The zero-order valence-corrected chi connectivity index (χ0v) is 8.13. The highest BCUT2D eigenvalue weighted by atomic mass is 19.1. The van der Waals surface area contributed by atoms with Crippen molar-refractivity contribution >= 4 is 5.82 Å². The van der Waals surface area contributed by atoms with E-state index >= 15 is 0 Å². The summed E-state index contributed by atoms with van der Waals surface area (Å²) in [7, 11) is 0. The lowest BCUT2D eigenvalue weighted by Crippen LogP contribution is -2.31. The van der Waals surface area contributed by atoms with Crippen LogP contribution in [0.2, 0.25) is 0 Å². The van der Waals surface area contributed by atoms with Crippen molar-refractivity contribution in [1.29, 1.82) is 0 Å². The van der Waals surface area contributed by atoms with Crippen LogP contribution >= 0.6 is 0 Å². The van der Waals surface area contributed by atoms with Gasteiger partial charge in [-0.15, -0.1) is 0 Å². The van der Waals surface area contributed by atoms with E-state index in [4.69, 9.17) is 0 Å². The molecule has 14 heavy (non-hydrogen) atoms. The molecule has 76 valence electrons.